The fourth-order valence-electron chi connectivity index (χ4n) is 4.04. The number of nitrogens with zero attached hydrogens (tertiary/aromatic N) is 1. The predicted octanol–water partition coefficient (Wildman–Crippen LogP) is 4.24. The van der Waals surface area contributed by atoms with E-state index in [9.17, 15) is 14.0 Å². The van der Waals surface area contributed by atoms with Crippen LogP contribution in [0, 0.1) is 25.6 Å². The molecule has 2 unspecified atom stereocenters. The Morgan fingerprint density at radius 3 is 2.60 bits per heavy atom. The first kappa shape index (κ1) is 21.8. The third kappa shape index (κ3) is 5.17. The van der Waals surface area contributed by atoms with Crippen LogP contribution in [-0.4, -0.2) is 29.9 Å². The molecule has 0 aromatic heterocycles. The maximum atomic E-state index is 13.7. The fourth-order valence-corrected chi connectivity index (χ4v) is 4.04. The molecule has 3 rings (SSSR count). The normalized spacial score (nSPS) is 18.7. The summed E-state index contributed by atoms with van der Waals surface area (Å²) in [7, 11) is 0. The molecule has 2 atom stereocenters. The quantitative estimate of drug-likeness (QED) is 0.773. The molecule has 0 radical (unpaired) electrons. The predicted molar refractivity (Wildman–Crippen MR) is 115 cm³/mol. The molecule has 1 aliphatic rings. The highest BCUT2D eigenvalue weighted by Crippen LogP contribution is 2.34. The first-order chi connectivity index (χ1) is 14.4. The second-order valence-corrected chi connectivity index (χ2v) is 7.99. The highest BCUT2D eigenvalue weighted by Gasteiger charge is 2.35. The molecule has 1 aliphatic heterocycles. The number of likely N-dealkylation sites (tertiary alicyclic amines) is 1. The van der Waals surface area contributed by atoms with E-state index in [1.165, 1.54) is 6.07 Å². The lowest BCUT2D eigenvalue weighted by Gasteiger charge is -2.39. The van der Waals surface area contributed by atoms with Gasteiger partial charge in [-0.15, -0.1) is 0 Å². The molecule has 2 aromatic carbocycles. The highest BCUT2D eigenvalue weighted by molar-refractivity contribution is 5.81. The molecule has 30 heavy (non-hydrogen) atoms. The number of carbonyl (C=O) groups is 2. The van der Waals surface area contributed by atoms with Gasteiger partial charge in [0.25, 0.3) is 0 Å². The Balaban J connectivity index is 1.71. The maximum absolute atomic E-state index is 13.7. The number of aryl methyl sites for hydroxylation is 2. The Morgan fingerprint density at radius 1 is 1.10 bits per heavy atom. The fraction of sp³-hybridized carbons (Fsp3) is 0.417. The van der Waals surface area contributed by atoms with E-state index in [1.54, 1.807) is 24.0 Å². The number of urea groups is 1. The van der Waals surface area contributed by atoms with Crippen molar-refractivity contribution >= 4 is 11.9 Å². The van der Waals surface area contributed by atoms with Gasteiger partial charge in [0.05, 0.1) is 12.0 Å². The van der Waals surface area contributed by atoms with Gasteiger partial charge in [-0.1, -0.05) is 42.0 Å². The van der Waals surface area contributed by atoms with Crippen molar-refractivity contribution in [1.29, 1.82) is 0 Å². The zero-order valence-electron chi connectivity index (χ0n) is 17.9. The number of halogens is 1. The van der Waals surface area contributed by atoms with Gasteiger partial charge in [0, 0.05) is 19.6 Å². The Kier molecular flexibility index (Phi) is 7.08. The number of piperidine rings is 1. The third-order valence-corrected chi connectivity index (χ3v) is 5.66. The van der Waals surface area contributed by atoms with Gasteiger partial charge in [-0.3, -0.25) is 4.79 Å². The average Bonchev–Trinajstić information content (AvgIpc) is 2.74. The molecule has 160 valence electrons. The van der Waals surface area contributed by atoms with Gasteiger partial charge in [-0.2, -0.15) is 0 Å². The van der Waals surface area contributed by atoms with E-state index in [1.807, 2.05) is 32.0 Å². The zero-order chi connectivity index (χ0) is 21.7. The van der Waals surface area contributed by atoms with E-state index in [2.05, 4.69) is 16.7 Å². The first-order valence-corrected chi connectivity index (χ1v) is 10.5. The van der Waals surface area contributed by atoms with E-state index >= 15 is 0 Å². The Bertz CT molecular complexity index is 915. The summed E-state index contributed by atoms with van der Waals surface area (Å²) >= 11 is 0. The number of rotatable bonds is 5. The molecule has 1 fully saturated rings. The van der Waals surface area contributed by atoms with Crippen LogP contribution in [0.1, 0.15) is 48.1 Å². The molecule has 6 heteroatoms. The average molecular weight is 412 g/mol. The number of hydrogen-bond acceptors (Lipinski definition) is 2. The summed E-state index contributed by atoms with van der Waals surface area (Å²) in [4.78, 5) is 27.3. The van der Waals surface area contributed by atoms with Crippen molar-refractivity contribution in [3.63, 3.8) is 0 Å². The Hall–Kier alpha value is -2.89. The molecule has 2 N–H and O–H groups in total. The van der Waals surface area contributed by atoms with Gasteiger partial charge in [0.15, 0.2) is 0 Å². The standard InChI is InChI=1S/C24H30FN3O2/c1-4-26-24(30)28-15-20(23(29)27-14-18-7-5-6-16(2)12-18)9-11-22(28)19-8-10-21(25)17(3)13-19/h5-8,10,12-13,20,22H,4,9,11,14-15H2,1-3H3,(H,26,30)(H,27,29). The van der Waals surface area contributed by atoms with Crippen LogP contribution in [0.15, 0.2) is 42.5 Å². The molecule has 0 aliphatic carbocycles. The molecule has 1 saturated heterocycles. The summed E-state index contributed by atoms with van der Waals surface area (Å²) in [6, 6.07) is 12.6. The molecule has 1 heterocycles. The van der Waals surface area contributed by atoms with Crippen molar-refractivity contribution in [2.75, 3.05) is 13.1 Å². The van der Waals surface area contributed by atoms with Crippen LogP contribution >= 0.6 is 0 Å². The minimum atomic E-state index is -0.268. The van der Waals surface area contributed by atoms with Crippen LogP contribution in [0.2, 0.25) is 0 Å². The van der Waals surface area contributed by atoms with Crippen molar-refractivity contribution in [3.05, 3.63) is 70.5 Å². The van der Waals surface area contributed by atoms with Crippen molar-refractivity contribution in [3.8, 4) is 0 Å². The number of hydrogen-bond donors (Lipinski definition) is 2. The van der Waals surface area contributed by atoms with E-state index in [-0.39, 0.29) is 29.7 Å². The van der Waals surface area contributed by atoms with E-state index in [4.69, 9.17) is 0 Å². The number of nitrogens with one attached hydrogen (secondary N) is 2. The van der Waals surface area contributed by atoms with Crippen LogP contribution in [0.4, 0.5) is 9.18 Å². The smallest absolute Gasteiger partial charge is 0.317 e. The van der Waals surface area contributed by atoms with E-state index < -0.39 is 0 Å². The van der Waals surface area contributed by atoms with Crippen molar-refractivity contribution in [1.82, 2.24) is 15.5 Å². The van der Waals surface area contributed by atoms with Crippen molar-refractivity contribution < 1.29 is 14.0 Å². The zero-order valence-corrected chi connectivity index (χ0v) is 17.9. The first-order valence-electron chi connectivity index (χ1n) is 10.5. The minimum absolute atomic E-state index is 0.0421. The van der Waals surface area contributed by atoms with Crippen LogP contribution in [0.3, 0.4) is 0 Å². The second-order valence-electron chi connectivity index (χ2n) is 7.99. The molecule has 0 saturated carbocycles. The lowest BCUT2D eigenvalue weighted by Crippen LogP contribution is -2.50. The SMILES string of the molecule is CCNC(=O)N1CC(C(=O)NCc2cccc(C)c2)CCC1c1ccc(F)c(C)c1. The largest absolute Gasteiger partial charge is 0.352 e. The van der Waals surface area contributed by atoms with Gasteiger partial charge in [0.1, 0.15) is 5.82 Å². The molecule has 5 nitrogen and oxygen atoms in total. The molecular weight excluding hydrogens is 381 g/mol. The lowest BCUT2D eigenvalue weighted by atomic mass is 9.88. The summed E-state index contributed by atoms with van der Waals surface area (Å²) in [5.74, 6) is -0.567. The summed E-state index contributed by atoms with van der Waals surface area (Å²) in [5, 5.41) is 5.86. The van der Waals surface area contributed by atoms with Crippen LogP contribution in [-0.2, 0) is 11.3 Å². The lowest BCUT2D eigenvalue weighted by molar-refractivity contribution is -0.126. The van der Waals surface area contributed by atoms with Crippen LogP contribution in [0.5, 0.6) is 0 Å². The monoisotopic (exact) mass is 411 g/mol. The van der Waals surface area contributed by atoms with E-state index in [0.29, 0.717) is 38.0 Å². The van der Waals surface area contributed by atoms with Crippen molar-refractivity contribution in [2.45, 2.75) is 46.2 Å². The summed E-state index contributed by atoms with van der Waals surface area (Å²) in [5.41, 5.74) is 3.67. The second kappa shape index (κ2) is 9.74. The van der Waals surface area contributed by atoms with Gasteiger partial charge >= 0.3 is 6.03 Å². The van der Waals surface area contributed by atoms with Crippen LogP contribution < -0.4 is 10.6 Å². The van der Waals surface area contributed by atoms with E-state index in [0.717, 1.165) is 16.7 Å². The molecule has 3 amide bonds. The molecule has 2 aromatic rings. The molecule has 0 spiro atoms. The van der Waals surface area contributed by atoms with Gasteiger partial charge in [0.2, 0.25) is 5.91 Å². The third-order valence-electron chi connectivity index (χ3n) is 5.66. The number of benzene rings is 2. The van der Waals surface area contributed by atoms with Crippen LogP contribution in [0.25, 0.3) is 0 Å². The number of carbonyl (C=O) groups excluding carboxylic acids is 2. The topological polar surface area (TPSA) is 61.4 Å². The van der Waals surface area contributed by atoms with Crippen molar-refractivity contribution in [2.24, 2.45) is 5.92 Å². The molecular formula is C24H30FN3O2. The van der Waals surface area contributed by atoms with Gasteiger partial charge in [-0.05, 0) is 56.4 Å². The Morgan fingerprint density at radius 2 is 1.90 bits per heavy atom. The minimum Gasteiger partial charge on any atom is -0.352 e. The summed E-state index contributed by atoms with van der Waals surface area (Å²) in [6.07, 6.45) is 1.33. The highest BCUT2D eigenvalue weighted by atomic mass is 19.1. The summed E-state index contributed by atoms with van der Waals surface area (Å²) in [6.45, 7) is 6.93. The number of amides is 3. The van der Waals surface area contributed by atoms with Gasteiger partial charge in [-0.25, -0.2) is 9.18 Å². The summed E-state index contributed by atoms with van der Waals surface area (Å²) < 4.78 is 13.7. The maximum Gasteiger partial charge on any atom is 0.317 e. The Labute approximate surface area is 177 Å². The molecule has 0 bridgehead atoms. The van der Waals surface area contributed by atoms with Gasteiger partial charge < -0.3 is 15.5 Å².